The van der Waals surface area contributed by atoms with E-state index in [0.29, 0.717) is 17.7 Å². The molecule has 0 amide bonds. The molecule has 0 spiro atoms. The van der Waals surface area contributed by atoms with Crippen LogP contribution in [-0.4, -0.2) is 23.3 Å². The maximum absolute atomic E-state index is 10.2. The second-order valence-electron chi connectivity index (χ2n) is 2.99. The molecule has 0 saturated carbocycles. The lowest BCUT2D eigenvalue weighted by Gasteiger charge is -2.04. The summed E-state index contributed by atoms with van der Waals surface area (Å²) in [6, 6.07) is 4.65. The van der Waals surface area contributed by atoms with E-state index >= 15 is 0 Å². The summed E-state index contributed by atoms with van der Waals surface area (Å²) in [5, 5.41) is 18.0. The van der Waals surface area contributed by atoms with E-state index < -0.39 is 5.97 Å². The van der Waals surface area contributed by atoms with Crippen LogP contribution in [0.15, 0.2) is 30.4 Å². The minimum Gasteiger partial charge on any atom is -0.508 e. The van der Waals surface area contributed by atoms with Gasteiger partial charge in [-0.1, -0.05) is 12.1 Å². The minimum atomic E-state index is -1.01. The SMILES string of the molecule is COOc1ccc(C/C=C/C(=O)O)c(O)c1. The number of carboxylic acids is 1. The Balaban J connectivity index is 2.71. The molecule has 0 aliphatic carbocycles. The van der Waals surface area contributed by atoms with Crippen molar-refractivity contribution in [2.45, 2.75) is 6.42 Å². The molecule has 0 atom stereocenters. The number of rotatable bonds is 5. The van der Waals surface area contributed by atoms with Crippen LogP contribution in [0.25, 0.3) is 0 Å². The summed E-state index contributed by atoms with van der Waals surface area (Å²) in [4.78, 5) is 19.4. The van der Waals surface area contributed by atoms with Crippen LogP contribution >= 0.6 is 0 Å². The van der Waals surface area contributed by atoms with Crippen molar-refractivity contribution in [3.8, 4) is 11.5 Å². The molecule has 0 saturated heterocycles. The number of phenolic OH excluding ortho intramolecular Hbond substituents is 1. The van der Waals surface area contributed by atoms with Crippen molar-refractivity contribution >= 4 is 5.97 Å². The maximum atomic E-state index is 10.2. The second-order valence-corrected chi connectivity index (χ2v) is 2.99. The molecule has 0 aromatic heterocycles. The van der Waals surface area contributed by atoms with Gasteiger partial charge in [0.05, 0.1) is 7.11 Å². The first-order chi connectivity index (χ1) is 7.63. The monoisotopic (exact) mass is 224 g/mol. The zero-order valence-electron chi connectivity index (χ0n) is 8.71. The Morgan fingerprint density at radius 3 is 2.81 bits per heavy atom. The number of aliphatic carboxylic acids is 1. The van der Waals surface area contributed by atoms with E-state index in [9.17, 15) is 9.90 Å². The van der Waals surface area contributed by atoms with Gasteiger partial charge in [0.25, 0.3) is 0 Å². The first-order valence-electron chi connectivity index (χ1n) is 4.55. The lowest BCUT2D eigenvalue weighted by molar-refractivity contribution is -0.178. The lowest BCUT2D eigenvalue weighted by atomic mass is 10.1. The highest BCUT2D eigenvalue weighted by atomic mass is 17.2. The first kappa shape index (κ1) is 12.1. The molecular weight excluding hydrogens is 212 g/mol. The van der Waals surface area contributed by atoms with Gasteiger partial charge in [0.2, 0.25) is 0 Å². The molecule has 0 bridgehead atoms. The number of carbonyl (C=O) groups is 1. The fraction of sp³-hybridized carbons (Fsp3) is 0.182. The van der Waals surface area contributed by atoms with E-state index in [-0.39, 0.29) is 5.75 Å². The van der Waals surface area contributed by atoms with Crippen LogP contribution in [0.4, 0.5) is 0 Å². The quantitative estimate of drug-likeness (QED) is 0.450. The molecule has 0 unspecified atom stereocenters. The number of phenols is 1. The summed E-state index contributed by atoms with van der Waals surface area (Å²) in [7, 11) is 1.36. The number of hydrogen-bond donors (Lipinski definition) is 2. The third-order valence-corrected chi connectivity index (χ3v) is 1.83. The van der Waals surface area contributed by atoms with Gasteiger partial charge in [0.15, 0.2) is 5.75 Å². The molecule has 1 rings (SSSR count). The van der Waals surface area contributed by atoms with Gasteiger partial charge in [-0.3, -0.25) is 0 Å². The van der Waals surface area contributed by atoms with Crippen LogP contribution in [0.3, 0.4) is 0 Å². The molecule has 0 aliphatic heterocycles. The Labute approximate surface area is 92.5 Å². The van der Waals surface area contributed by atoms with Crippen LogP contribution < -0.4 is 4.89 Å². The van der Waals surface area contributed by atoms with Crippen molar-refractivity contribution < 1.29 is 24.8 Å². The summed E-state index contributed by atoms with van der Waals surface area (Å²) in [5.41, 5.74) is 0.612. The molecule has 0 radical (unpaired) electrons. The molecule has 0 heterocycles. The lowest BCUT2D eigenvalue weighted by Crippen LogP contribution is -1.92. The summed E-state index contributed by atoms with van der Waals surface area (Å²) < 4.78 is 0. The normalized spacial score (nSPS) is 10.6. The summed E-state index contributed by atoms with van der Waals surface area (Å²) in [6.07, 6.45) is 2.82. The van der Waals surface area contributed by atoms with Crippen molar-refractivity contribution in [2.75, 3.05) is 7.11 Å². The number of carboxylic acid groups (broad SMARTS) is 1. The van der Waals surface area contributed by atoms with E-state index in [0.717, 1.165) is 6.08 Å². The van der Waals surface area contributed by atoms with Crippen LogP contribution in [0.2, 0.25) is 0 Å². The van der Waals surface area contributed by atoms with Crippen LogP contribution in [0, 0.1) is 0 Å². The van der Waals surface area contributed by atoms with Gasteiger partial charge in [-0.25, -0.2) is 4.79 Å². The molecule has 86 valence electrons. The summed E-state index contributed by atoms with van der Waals surface area (Å²) >= 11 is 0. The zero-order valence-corrected chi connectivity index (χ0v) is 8.71. The fourth-order valence-electron chi connectivity index (χ4n) is 1.15. The van der Waals surface area contributed by atoms with Crippen molar-refractivity contribution in [1.82, 2.24) is 0 Å². The Morgan fingerprint density at radius 1 is 1.50 bits per heavy atom. The Bertz CT molecular complexity index is 397. The van der Waals surface area contributed by atoms with Crippen molar-refractivity contribution in [2.24, 2.45) is 0 Å². The Kier molecular flexibility index (Phi) is 4.35. The first-order valence-corrected chi connectivity index (χ1v) is 4.55. The maximum Gasteiger partial charge on any atom is 0.327 e. The molecule has 1 aromatic carbocycles. The largest absolute Gasteiger partial charge is 0.508 e. The van der Waals surface area contributed by atoms with Gasteiger partial charge in [-0.05, 0) is 18.1 Å². The van der Waals surface area contributed by atoms with E-state index in [1.807, 2.05) is 0 Å². The topological polar surface area (TPSA) is 76.0 Å². The summed E-state index contributed by atoms with van der Waals surface area (Å²) in [6.45, 7) is 0. The van der Waals surface area contributed by atoms with Gasteiger partial charge < -0.3 is 15.1 Å². The molecule has 16 heavy (non-hydrogen) atoms. The van der Waals surface area contributed by atoms with Gasteiger partial charge in [0, 0.05) is 12.1 Å². The predicted octanol–water partition coefficient (Wildman–Crippen LogP) is 1.52. The number of hydrogen-bond acceptors (Lipinski definition) is 4. The van der Waals surface area contributed by atoms with E-state index in [2.05, 4.69) is 4.89 Å². The number of aromatic hydroxyl groups is 1. The minimum absolute atomic E-state index is 0.0320. The van der Waals surface area contributed by atoms with Gasteiger partial charge in [0.1, 0.15) is 5.75 Å². The highest BCUT2D eigenvalue weighted by Crippen LogP contribution is 2.24. The second kappa shape index (κ2) is 5.77. The van der Waals surface area contributed by atoms with Gasteiger partial charge in [-0.15, -0.1) is 0 Å². The van der Waals surface area contributed by atoms with Gasteiger partial charge in [-0.2, -0.15) is 4.89 Å². The molecule has 0 fully saturated rings. The third kappa shape index (κ3) is 3.62. The van der Waals surface area contributed by atoms with E-state index in [1.54, 1.807) is 12.1 Å². The van der Waals surface area contributed by atoms with E-state index in [1.165, 1.54) is 19.3 Å². The van der Waals surface area contributed by atoms with Crippen molar-refractivity contribution in [3.05, 3.63) is 35.9 Å². The average Bonchev–Trinajstić information content (AvgIpc) is 2.21. The highest BCUT2D eigenvalue weighted by Gasteiger charge is 2.02. The summed E-state index contributed by atoms with van der Waals surface area (Å²) in [5.74, 6) is -0.602. The number of allylic oxidation sites excluding steroid dienone is 1. The van der Waals surface area contributed by atoms with Crippen molar-refractivity contribution in [1.29, 1.82) is 0 Å². The molecule has 1 aromatic rings. The standard InChI is InChI=1S/C11H12O5/c1-15-16-9-6-5-8(10(12)7-9)3-2-4-11(13)14/h2,4-7,12H,3H2,1H3,(H,13,14)/b4-2+. The third-order valence-electron chi connectivity index (χ3n) is 1.83. The van der Waals surface area contributed by atoms with Crippen molar-refractivity contribution in [3.63, 3.8) is 0 Å². The zero-order chi connectivity index (χ0) is 12.0. The van der Waals surface area contributed by atoms with E-state index in [4.69, 9.17) is 9.99 Å². The Hall–Kier alpha value is -2.01. The van der Waals surface area contributed by atoms with Crippen LogP contribution in [0.1, 0.15) is 5.56 Å². The average molecular weight is 224 g/mol. The molecular formula is C11H12O5. The smallest absolute Gasteiger partial charge is 0.327 e. The van der Waals surface area contributed by atoms with Gasteiger partial charge >= 0.3 is 5.97 Å². The van der Waals surface area contributed by atoms with Crippen LogP contribution in [-0.2, 0) is 16.1 Å². The van der Waals surface area contributed by atoms with Crippen LogP contribution in [0.5, 0.6) is 11.5 Å². The molecule has 2 N–H and O–H groups in total. The Morgan fingerprint density at radius 2 is 2.25 bits per heavy atom. The molecule has 5 nitrogen and oxygen atoms in total. The molecule has 5 heteroatoms. The fourth-order valence-corrected chi connectivity index (χ4v) is 1.15. The predicted molar refractivity (Wildman–Crippen MR) is 56.2 cm³/mol. The molecule has 0 aliphatic rings. The highest BCUT2D eigenvalue weighted by molar-refractivity contribution is 5.79. The number of benzene rings is 1.